The zero-order valence-electron chi connectivity index (χ0n) is 8.30. The first-order chi connectivity index (χ1) is 5.81. The van der Waals surface area contributed by atoms with Crippen molar-refractivity contribution in [3.8, 4) is 0 Å². The van der Waals surface area contributed by atoms with Gasteiger partial charge >= 0.3 is 0 Å². The second kappa shape index (κ2) is 4.21. The molecule has 0 aromatic rings. The summed E-state index contributed by atoms with van der Waals surface area (Å²) in [5, 5.41) is 0. The van der Waals surface area contributed by atoms with Gasteiger partial charge in [-0.25, -0.2) is 0 Å². The summed E-state index contributed by atoms with van der Waals surface area (Å²) in [6, 6.07) is 0. The minimum Gasteiger partial charge on any atom is -0.355 e. The van der Waals surface area contributed by atoms with Crippen molar-refractivity contribution in [1.82, 2.24) is 4.90 Å². The van der Waals surface area contributed by atoms with Crippen molar-refractivity contribution in [2.24, 2.45) is 5.41 Å². The predicted octanol–water partition coefficient (Wildman–Crippen LogP) is 0.949. The van der Waals surface area contributed by atoms with Gasteiger partial charge in [0, 0.05) is 18.5 Å². The van der Waals surface area contributed by atoms with E-state index in [0.29, 0.717) is 12.2 Å². The average molecular weight is 173 g/mol. The molecule has 0 atom stereocenters. The lowest BCUT2D eigenvalue weighted by Crippen LogP contribution is -2.60. The SMILES string of the molecule is CC.CN1CC2(COCOC2)C1. The van der Waals surface area contributed by atoms with Gasteiger partial charge < -0.3 is 14.4 Å². The van der Waals surface area contributed by atoms with Crippen LogP contribution in [0, 0.1) is 5.41 Å². The molecule has 2 heterocycles. The van der Waals surface area contributed by atoms with Gasteiger partial charge in [-0.3, -0.25) is 0 Å². The molecule has 0 aromatic heterocycles. The van der Waals surface area contributed by atoms with Gasteiger partial charge in [-0.15, -0.1) is 0 Å². The Morgan fingerprint density at radius 3 is 2.00 bits per heavy atom. The second-order valence-electron chi connectivity index (χ2n) is 3.49. The maximum absolute atomic E-state index is 5.23. The van der Waals surface area contributed by atoms with Gasteiger partial charge in [-0.2, -0.15) is 0 Å². The molecule has 0 radical (unpaired) electrons. The Balaban J connectivity index is 0.000000336. The number of hydrogen-bond donors (Lipinski definition) is 0. The van der Waals surface area contributed by atoms with E-state index in [1.165, 1.54) is 0 Å². The van der Waals surface area contributed by atoms with Crippen molar-refractivity contribution in [3.05, 3.63) is 0 Å². The maximum atomic E-state index is 5.23. The molecule has 0 amide bonds. The van der Waals surface area contributed by atoms with Crippen LogP contribution in [0.1, 0.15) is 13.8 Å². The summed E-state index contributed by atoms with van der Waals surface area (Å²) in [6.07, 6.45) is 0. The van der Waals surface area contributed by atoms with Crippen molar-refractivity contribution >= 4 is 0 Å². The van der Waals surface area contributed by atoms with E-state index in [1.807, 2.05) is 13.8 Å². The number of likely N-dealkylation sites (tertiary alicyclic amines) is 1. The molecule has 0 aliphatic carbocycles. The van der Waals surface area contributed by atoms with Crippen molar-refractivity contribution in [2.75, 3.05) is 40.1 Å². The van der Waals surface area contributed by atoms with E-state index in [2.05, 4.69) is 11.9 Å². The van der Waals surface area contributed by atoms with Gasteiger partial charge in [0.05, 0.1) is 13.2 Å². The molecule has 0 bridgehead atoms. The largest absolute Gasteiger partial charge is 0.355 e. The van der Waals surface area contributed by atoms with Gasteiger partial charge in [0.1, 0.15) is 6.79 Å². The second-order valence-corrected chi connectivity index (χ2v) is 3.49. The first-order valence-electron chi connectivity index (χ1n) is 4.65. The van der Waals surface area contributed by atoms with Gasteiger partial charge in [0.15, 0.2) is 0 Å². The Morgan fingerprint density at radius 2 is 1.58 bits per heavy atom. The van der Waals surface area contributed by atoms with Crippen LogP contribution in [0.25, 0.3) is 0 Å². The summed E-state index contributed by atoms with van der Waals surface area (Å²) < 4.78 is 10.5. The summed E-state index contributed by atoms with van der Waals surface area (Å²) >= 11 is 0. The highest BCUT2D eigenvalue weighted by Crippen LogP contribution is 2.31. The zero-order chi connectivity index (χ0) is 9.03. The quantitative estimate of drug-likeness (QED) is 0.544. The summed E-state index contributed by atoms with van der Waals surface area (Å²) in [7, 11) is 2.12. The third-order valence-corrected chi connectivity index (χ3v) is 2.19. The number of ether oxygens (including phenoxy) is 2. The third-order valence-electron chi connectivity index (χ3n) is 2.19. The fraction of sp³-hybridized carbons (Fsp3) is 1.00. The van der Waals surface area contributed by atoms with Crippen LogP contribution in [-0.2, 0) is 9.47 Å². The molecule has 0 N–H and O–H groups in total. The molecular weight excluding hydrogens is 154 g/mol. The predicted molar refractivity (Wildman–Crippen MR) is 48.0 cm³/mol. The molecule has 12 heavy (non-hydrogen) atoms. The normalized spacial score (nSPS) is 27.2. The fourth-order valence-electron chi connectivity index (χ4n) is 1.90. The van der Waals surface area contributed by atoms with Gasteiger partial charge in [-0.1, -0.05) is 13.8 Å². The monoisotopic (exact) mass is 173 g/mol. The summed E-state index contributed by atoms with van der Waals surface area (Å²) in [6.45, 7) is 8.53. The molecule has 3 heteroatoms. The molecule has 2 aliphatic heterocycles. The molecular formula is C9H19NO2. The molecule has 1 spiro atoms. The number of nitrogens with zero attached hydrogens (tertiary/aromatic N) is 1. The highest BCUT2D eigenvalue weighted by molar-refractivity contribution is 4.94. The first kappa shape index (κ1) is 9.96. The first-order valence-corrected chi connectivity index (χ1v) is 4.65. The van der Waals surface area contributed by atoms with Crippen LogP contribution in [0.2, 0.25) is 0 Å². The lowest BCUT2D eigenvalue weighted by Gasteiger charge is -2.49. The Bertz CT molecular complexity index is 117. The Hall–Kier alpha value is -0.120. The van der Waals surface area contributed by atoms with Crippen molar-refractivity contribution in [1.29, 1.82) is 0 Å². The van der Waals surface area contributed by atoms with Crippen LogP contribution in [0.3, 0.4) is 0 Å². The lowest BCUT2D eigenvalue weighted by atomic mass is 9.81. The van der Waals surface area contributed by atoms with E-state index in [0.717, 1.165) is 26.3 Å². The summed E-state index contributed by atoms with van der Waals surface area (Å²) in [5.74, 6) is 0. The highest BCUT2D eigenvalue weighted by atomic mass is 16.7. The smallest absolute Gasteiger partial charge is 0.146 e. The topological polar surface area (TPSA) is 21.7 Å². The Kier molecular flexibility index (Phi) is 3.50. The van der Waals surface area contributed by atoms with E-state index >= 15 is 0 Å². The Morgan fingerprint density at radius 1 is 1.08 bits per heavy atom. The van der Waals surface area contributed by atoms with Crippen LogP contribution in [0.5, 0.6) is 0 Å². The average Bonchev–Trinajstić information content (AvgIpc) is 2.08. The third kappa shape index (κ3) is 1.97. The summed E-state index contributed by atoms with van der Waals surface area (Å²) in [4.78, 5) is 2.29. The van der Waals surface area contributed by atoms with Gasteiger partial charge in [0.2, 0.25) is 0 Å². The van der Waals surface area contributed by atoms with E-state index in [9.17, 15) is 0 Å². The molecule has 2 aliphatic rings. The van der Waals surface area contributed by atoms with Crippen LogP contribution in [0.15, 0.2) is 0 Å². The lowest BCUT2D eigenvalue weighted by molar-refractivity contribution is -0.202. The van der Waals surface area contributed by atoms with Gasteiger partial charge in [0.25, 0.3) is 0 Å². The summed E-state index contributed by atoms with van der Waals surface area (Å²) in [5.41, 5.74) is 0.354. The minimum absolute atomic E-state index is 0.354. The van der Waals surface area contributed by atoms with E-state index < -0.39 is 0 Å². The van der Waals surface area contributed by atoms with Gasteiger partial charge in [-0.05, 0) is 7.05 Å². The molecule has 0 aromatic carbocycles. The standard InChI is InChI=1S/C7H13NO2.C2H6/c1-8-2-7(3-8)4-9-6-10-5-7;1-2/h2-6H2,1H3;1-2H3. The van der Waals surface area contributed by atoms with Crippen LogP contribution in [-0.4, -0.2) is 45.0 Å². The van der Waals surface area contributed by atoms with Crippen LogP contribution >= 0.6 is 0 Å². The molecule has 2 rings (SSSR count). The molecule has 0 unspecified atom stereocenters. The number of hydrogen-bond acceptors (Lipinski definition) is 3. The minimum atomic E-state index is 0.354. The van der Waals surface area contributed by atoms with E-state index in [1.54, 1.807) is 0 Å². The molecule has 2 saturated heterocycles. The maximum Gasteiger partial charge on any atom is 0.146 e. The van der Waals surface area contributed by atoms with Crippen molar-refractivity contribution < 1.29 is 9.47 Å². The zero-order valence-corrected chi connectivity index (χ0v) is 8.30. The molecule has 0 saturated carbocycles. The van der Waals surface area contributed by atoms with E-state index in [4.69, 9.17) is 9.47 Å². The molecule has 72 valence electrons. The Labute approximate surface area is 74.6 Å². The highest BCUT2D eigenvalue weighted by Gasteiger charge is 2.43. The van der Waals surface area contributed by atoms with Crippen molar-refractivity contribution in [2.45, 2.75) is 13.8 Å². The molecule has 3 nitrogen and oxygen atoms in total. The van der Waals surface area contributed by atoms with Crippen LogP contribution < -0.4 is 0 Å². The van der Waals surface area contributed by atoms with Crippen LogP contribution in [0.4, 0.5) is 0 Å². The number of rotatable bonds is 0. The van der Waals surface area contributed by atoms with Crippen molar-refractivity contribution in [3.63, 3.8) is 0 Å². The van der Waals surface area contributed by atoms with E-state index in [-0.39, 0.29) is 0 Å². The molecule has 2 fully saturated rings. The fourth-order valence-corrected chi connectivity index (χ4v) is 1.90.